The molecule has 2 rings (SSSR count). The van der Waals surface area contributed by atoms with Gasteiger partial charge < -0.3 is 19.8 Å². The van der Waals surface area contributed by atoms with Crippen molar-refractivity contribution in [3.63, 3.8) is 0 Å². The van der Waals surface area contributed by atoms with E-state index in [2.05, 4.69) is 0 Å². The molecular formula is C17H25NO5. The van der Waals surface area contributed by atoms with Crippen molar-refractivity contribution >= 4 is 5.97 Å². The van der Waals surface area contributed by atoms with Crippen molar-refractivity contribution in [1.29, 1.82) is 0 Å². The van der Waals surface area contributed by atoms with Gasteiger partial charge in [0.05, 0.1) is 19.8 Å². The molecule has 1 fully saturated rings. The van der Waals surface area contributed by atoms with Gasteiger partial charge in [-0.25, -0.2) is 0 Å². The summed E-state index contributed by atoms with van der Waals surface area (Å²) in [6.45, 7) is 2.10. The number of ether oxygens (including phenoxy) is 2. The number of hydrogen-bond acceptors (Lipinski definition) is 6. The smallest absolute Gasteiger partial charge is 0.302 e. The number of carbonyl (C=O) groups is 1. The van der Waals surface area contributed by atoms with Gasteiger partial charge in [-0.15, -0.1) is 0 Å². The normalized spacial score (nSPS) is 25.1. The fraction of sp³-hybridized carbons (Fsp3) is 0.588. The summed E-state index contributed by atoms with van der Waals surface area (Å²) in [5, 5.41) is 21.9. The van der Waals surface area contributed by atoms with E-state index in [9.17, 15) is 15.1 Å². The molecule has 3 atom stereocenters. The van der Waals surface area contributed by atoms with E-state index in [0.29, 0.717) is 32.4 Å². The third-order valence-corrected chi connectivity index (χ3v) is 4.31. The number of benzene rings is 1. The van der Waals surface area contributed by atoms with Crippen LogP contribution in [0.4, 0.5) is 0 Å². The Morgan fingerprint density at radius 3 is 2.65 bits per heavy atom. The third kappa shape index (κ3) is 4.92. The van der Waals surface area contributed by atoms with Crippen molar-refractivity contribution < 1.29 is 24.6 Å². The highest BCUT2D eigenvalue weighted by atomic mass is 16.5. The van der Waals surface area contributed by atoms with Gasteiger partial charge in [0.15, 0.2) is 0 Å². The number of esters is 1. The van der Waals surface area contributed by atoms with Gasteiger partial charge in [0.2, 0.25) is 0 Å². The molecule has 1 aliphatic heterocycles. The summed E-state index contributed by atoms with van der Waals surface area (Å²) in [4.78, 5) is 10.7. The Kier molecular flexibility index (Phi) is 6.38. The summed E-state index contributed by atoms with van der Waals surface area (Å²) >= 11 is 0. The van der Waals surface area contributed by atoms with Crippen molar-refractivity contribution in [2.45, 2.75) is 44.2 Å². The SMILES string of the molecule is COc1ccc([C@@H]2CN(O)[C@@H](CCCOC(C)=O)C[C@@H]2O)cc1. The van der Waals surface area contributed by atoms with Crippen LogP contribution < -0.4 is 4.74 Å². The zero-order chi connectivity index (χ0) is 16.8. The maximum atomic E-state index is 10.7. The number of carbonyl (C=O) groups excluding carboxylic acids is 1. The molecule has 0 aliphatic carbocycles. The van der Waals surface area contributed by atoms with Gasteiger partial charge in [0.1, 0.15) is 5.75 Å². The minimum absolute atomic E-state index is 0.116. The first-order chi connectivity index (χ1) is 11.0. The molecule has 0 unspecified atom stereocenters. The predicted molar refractivity (Wildman–Crippen MR) is 84.5 cm³/mol. The first-order valence-electron chi connectivity index (χ1n) is 7.92. The average Bonchev–Trinajstić information content (AvgIpc) is 2.54. The highest BCUT2D eigenvalue weighted by molar-refractivity contribution is 5.65. The van der Waals surface area contributed by atoms with E-state index in [0.717, 1.165) is 11.3 Å². The Labute approximate surface area is 136 Å². The molecule has 1 aliphatic rings. The van der Waals surface area contributed by atoms with Crippen LogP contribution in [0.2, 0.25) is 0 Å². The summed E-state index contributed by atoms with van der Waals surface area (Å²) in [6, 6.07) is 7.43. The van der Waals surface area contributed by atoms with Gasteiger partial charge in [-0.3, -0.25) is 4.79 Å². The molecule has 0 bridgehead atoms. The van der Waals surface area contributed by atoms with E-state index < -0.39 is 6.10 Å². The van der Waals surface area contributed by atoms with Gasteiger partial charge in [-0.1, -0.05) is 12.1 Å². The van der Waals surface area contributed by atoms with Crippen molar-refractivity contribution in [3.8, 4) is 5.75 Å². The Bertz CT molecular complexity index is 504. The Hall–Kier alpha value is -1.63. The lowest BCUT2D eigenvalue weighted by Crippen LogP contribution is -2.46. The number of nitrogens with zero attached hydrogens (tertiary/aromatic N) is 1. The van der Waals surface area contributed by atoms with E-state index >= 15 is 0 Å². The second kappa shape index (κ2) is 8.29. The molecule has 1 aromatic rings. The number of aliphatic hydroxyl groups excluding tert-OH is 1. The molecule has 128 valence electrons. The van der Waals surface area contributed by atoms with Crippen LogP contribution >= 0.6 is 0 Å². The summed E-state index contributed by atoms with van der Waals surface area (Å²) in [5.74, 6) is 0.341. The molecule has 6 heteroatoms. The number of aliphatic hydroxyl groups is 1. The molecule has 2 N–H and O–H groups in total. The summed E-state index contributed by atoms with van der Waals surface area (Å²) in [5.41, 5.74) is 0.982. The average molecular weight is 323 g/mol. The van der Waals surface area contributed by atoms with Crippen molar-refractivity contribution in [3.05, 3.63) is 29.8 Å². The summed E-state index contributed by atoms with van der Waals surface area (Å²) in [7, 11) is 1.61. The first kappa shape index (κ1) is 17.7. The standard InChI is InChI=1S/C17H25NO5/c1-12(19)23-9-3-4-14-10-17(20)16(11-18(14)21)13-5-7-15(22-2)8-6-13/h5-8,14,16-17,20-21H,3-4,9-11H2,1-2H3/t14-,16-,17-/m0/s1. The van der Waals surface area contributed by atoms with Crippen LogP contribution in [-0.2, 0) is 9.53 Å². The third-order valence-electron chi connectivity index (χ3n) is 4.31. The van der Waals surface area contributed by atoms with Gasteiger partial charge in [-0.2, -0.15) is 5.06 Å². The number of piperidine rings is 1. The van der Waals surface area contributed by atoms with E-state index in [1.165, 1.54) is 12.0 Å². The fourth-order valence-corrected chi connectivity index (χ4v) is 3.02. The summed E-state index contributed by atoms with van der Waals surface area (Å²) in [6.07, 6.45) is 1.33. The Morgan fingerprint density at radius 2 is 2.04 bits per heavy atom. The lowest BCUT2D eigenvalue weighted by Gasteiger charge is -2.39. The molecule has 0 radical (unpaired) electrons. The van der Waals surface area contributed by atoms with E-state index in [4.69, 9.17) is 9.47 Å². The van der Waals surface area contributed by atoms with Crippen LogP contribution in [0.15, 0.2) is 24.3 Å². The monoisotopic (exact) mass is 323 g/mol. The van der Waals surface area contributed by atoms with Gasteiger partial charge in [-0.05, 0) is 37.0 Å². The topological polar surface area (TPSA) is 79.2 Å². The van der Waals surface area contributed by atoms with Crippen LogP contribution in [0.3, 0.4) is 0 Å². The number of methoxy groups -OCH3 is 1. The van der Waals surface area contributed by atoms with Crippen molar-refractivity contribution in [2.75, 3.05) is 20.3 Å². The molecule has 0 amide bonds. The van der Waals surface area contributed by atoms with Crippen LogP contribution in [0.1, 0.15) is 37.7 Å². The zero-order valence-electron chi connectivity index (χ0n) is 13.6. The zero-order valence-corrected chi connectivity index (χ0v) is 13.6. The minimum Gasteiger partial charge on any atom is -0.497 e. The predicted octanol–water partition coefficient (Wildman–Crippen LogP) is 1.95. The Balaban J connectivity index is 1.89. The van der Waals surface area contributed by atoms with E-state index in [-0.39, 0.29) is 17.9 Å². The molecular weight excluding hydrogens is 298 g/mol. The molecule has 0 spiro atoms. The van der Waals surface area contributed by atoms with Gasteiger partial charge >= 0.3 is 5.97 Å². The van der Waals surface area contributed by atoms with E-state index in [1.54, 1.807) is 7.11 Å². The number of hydroxylamine groups is 2. The molecule has 0 aromatic heterocycles. The highest BCUT2D eigenvalue weighted by Gasteiger charge is 2.34. The second-order valence-electron chi connectivity index (χ2n) is 5.94. The van der Waals surface area contributed by atoms with E-state index in [1.807, 2.05) is 24.3 Å². The van der Waals surface area contributed by atoms with Gasteiger partial charge in [0.25, 0.3) is 0 Å². The highest BCUT2D eigenvalue weighted by Crippen LogP contribution is 2.32. The second-order valence-corrected chi connectivity index (χ2v) is 5.94. The van der Waals surface area contributed by atoms with Crippen LogP contribution in [0.25, 0.3) is 0 Å². The Morgan fingerprint density at radius 1 is 1.35 bits per heavy atom. The lowest BCUT2D eigenvalue weighted by molar-refractivity contribution is -0.169. The first-order valence-corrected chi connectivity index (χ1v) is 7.92. The fourth-order valence-electron chi connectivity index (χ4n) is 3.02. The summed E-state index contributed by atoms with van der Waals surface area (Å²) < 4.78 is 10.0. The maximum Gasteiger partial charge on any atom is 0.302 e. The maximum absolute atomic E-state index is 10.7. The minimum atomic E-state index is -0.509. The lowest BCUT2D eigenvalue weighted by atomic mass is 9.84. The molecule has 0 saturated carbocycles. The molecule has 6 nitrogen and oxygen atoms in total. The number of rotatable bonds is 6. The molecule has 1 aromatic carbocycles. The largest absolute Gasteiger partial charge is 0.497 e. The number of hydrogen-bond donors (Lipinski definition) is 2. The van der Waals surface area contributed by atoms with Crippen LogP contribution in [0.5, 0.6) is 5.75 Å². The molecule has 23 heavy (non-hydrogen) atoms. The van der Waals surface area contributed by atoms with Crippen molar-refractivity contribution in [1.82, 2.24) is 5.06 Å². The molecule has 1 saturated heterocycles. The van der Waals surface area contributed by atoms with Crippen molar-refractivity contribution in [2.24, 2.45) is 0 Å². The van der Waals surface area contributed by atoms with Crippen LogP contribution in [-0.4, -0.2) is 53.8 Å². The van der Waals surface area contributed by atoms with Crippen LogP contribution in [0, 0.1) is 0 Å². The van der Waals surface area contributed by atoms with Gasteiger partial charge in [0, 0.05) is 25.4 Å². The molecule has 1 heterocycles. The quantitative estimate of drug-likeness (QED) is 0.615.